The molecule has 0 aromatic rings. The molecule has 19 heavy (non-hydrogen) atoms. The minimum atomic E-state index is 0.185. The van der Waals surface area contributed by atoms with Crippen LogP contribution in [0.1, 0.15) is 6.92 Å². The monoisotopic (exact) mass is 249 g/mol. The number of aliphatic imine (C=N–C) groups is 1. The summed E-state index contributed by atoms with van der Waals surface area (Å²) in [6.45, 7) is 14.2. The maximum atomic E-state index is 4.50. The van der Waals surface area contributed by atoms with E-state index in [2.05, 4.69) is 49.0 Å². The molecule has 2 unspecified atom stereocenters. The third-order valence-electron chi connectivity index (χ3n) is 3.35. The Labute approximate surface area is 115 Å². The molecule has 0 amide bonds. The van der Waals surface area contributed by atoms with Crippen molar-refractivity contribution in [1.29, 1.82) is 0 Å². The van der Waals surface area contributed by atoms with Gasteiger partial charge in [0.1, 0.15) is 0 Å². The molecule has 0 radical (unpaired) electrons. The third kappa shape index (κ3) is 2.82. The smallest absolute Gasteiger partial charge is 0.0786 e. The first-order valence-corrected chi connectivity index (χ1v) is 6.43. The Balaban J connectivity index is 2.32. The Bertz CT molecular complexity index is 564. The fourth-order valence-electron chi connectivity index (χ4n) is 2.27. The van der Waals surface area contributed by atoms with Crippen molar-refractivity contribution in [3.8, 4) is 0 Å². The van der Waals surface area contributed by atoms with E-state index in [0.717, 1.165) is 16.7 Å². The molecule has 0 spiro atoms. The lowest BCUT2D eigenvalue weighted by Crippen LogP contribution is -2.24. The van der Waals surface area contributed by atoms with Crippen LogP contribution in [-0.4, -0.2) is 12.3 Å². The van der Waals surface area contributed by atoms with Gasteiger partial charge in [-0.1, -0.05) is 62.3 Å². The molecule has 0 aromatic carbocycles. The van der Waals surface area contributed by atoms with Crippen LogP contribution >= 0.6 is 0 Å². The first-order chi connectivity index (χ1) is 9.13. The predicted molar refractivity (Wildman–Crippen MR) is 84.4 cm³/mol. The van der Waals surface area contributed by atoms with E-state index in [0.29, 0.717) is 0 Å². The van der Waals surface area contributed by atoms with Crippen molar-refractivity contribution in [2.75, 3.05) is 0 Å². The summed E-state index contributed by atoms with van der Waals surface area (Å²) in [7, 11) is 0. The highest BCUT2D eigenvalue weighted by atomic mass is 14.8. The van der Waals surface area contributed by atoms with Crippen LogP contribution in [0.4, 0.5) is 0 Å². The van der Waals surface area contributed by atoms with Crippen LogP contribution in [0, 0.1) is 5.92 Å². The van der Waals surface area contributed by atoms with Gasteiger partial charge < -0.3 is 0 Å². The first kappa shape index (κ1) is 13.3. The maximum Gasteiger partial charge on any atom is 0.0786 e. The molecular formula is C18H19N. The van der Waals surface area contributed by atoms with Crippen molar-refractivity contribution in [2.45, 2.75) is 13.0 Å². The van der Waals surface area contributed by atoms with E-state index in [1.807, 2.05) is 31.4 Å². The van der Waals surface area contributed by atoms with E-state index < -0.39 is 0 Å². The van der Waals surface area contributed by atoms with Gasteiger partial charge in [-0.3, -0.25) is 4.99 Å². The highest BCUT2D eigenvalue weighted by Gasteiger charge is 2.26. The van der Waals surface area contributed by atoms with E-state index in [1.54, 1.807) is 0 Å². The molecular weight excluding hydrogens is 230 g/mol. The van der Waals surface area contributed by atoms with Gasteiger partial charge in [-0.15, -0.1) is 0 Å². The quantitative estimate of drug-likeness (QED) is 0.659. The number of fused-ring (bicyclic) bond motifs is 1. The maximum absolute atomic E-state index is 4.50. The average molecular weight is 249 g/mol. The lowest BCUT2D eigenvalue weighted by molar-refractivity contribution is 0.652. The Morgan fingerprint density at radius 1 is 1.21 bits per heavy atom. The van der Waals surface area contributed by atoms with Gasteiger partial charge in [0.05, 0.1) is 6.04 Å². The third-order valence-corrected chi connectivity index (χ3v) is 3.35. The first-order valence-electron chi connectivity index (χ1n) is 6.43. The molecule has 0 aromatic heterocycles. The molecule has 0 saturated carbocycles. The van der Waals surface area contributed by atoms with E-state index in [9.17, 15) is 0 Å². The van der Waals surface area contributed by atoms with Gasteiger partial charge in [0.15, 0.2) is 0 Å². The van der Waals surface area contributed by atoms with E-state index in [4.69, 9.17) is 0 Å². The van der Waals surface area contributed by atoms with Gasteiger partial charge in [-0.2, -0.15) is 0 Å². The second-order valence-electron chi connectivity index (χ2n) is 4.74. The summed E-state index contributed by atoms with van der Waals surface area (Å²) in [4.78, 5) is 4.50. The van der Waals surface area contributed by atoms with Crippen LogP contribution in [0.5, 0.6) is 0 Å². The zero-order chi connectivity index (χ0) is 13.8. The summed E-state index contributed by atoms with van der Waals surface area (Å²) in [6.07, 6.45) is 16.3. The molecule has 0 saturated heterocycles. The fourth-order valence-corrected chi connectivity index (χ4v) is 2.27. The van der Waals surface area contributed by atoms with Crippen LogP contribution < -0.4 is 0 Å². The molecule has 1 heteroatoms. The van der Waals surface area contributed by atoms with Gasteiger partial charge in [0.2, 0.25) is 0 Å². The molecule has 0 N–H and O–H groups in total. The summed E-state index contributed by atoms with van der Waals surface area (Å²) in [6, 6.07) is 0.185. The number of hydrogen-bond donors (Lipinski definition) is 0. The fraction of sp³-hybridized carbons (Fsp3) is 0.167. The Hall–Kier alpha value is -2.15. The number of hydrogen-bond acceptors (Lipinski definition) is 1. The summed E-state index contributed by atoms with van der Waals surface area (Å²) < 4.78 is 0. The van der Waals surface area contributed by atoms with Crippen LogP contribution in [-0.2, 0) is 0 Å². The number of rotatable bonds is 3. The topological polar surface area (TPSA) is 12.4 Å². The zero-order valence-electron chi connectivity index (χ0n) is 11.3. The second-order valence-corrected chi connectivity index (χ2v) is 4.74. The van der Waals surface area contributed by atoms with Crippen LogP contribution in [0.15, 0.2) is 89.6 Å². The van der Waals surface area contributed by atoms with Crippen molar-refractivity contribution in [2.24, 2.45) is 10.9 Å². The Kier molecular flexibility index (Phi) is 3.96. The minimum Gasteiger partial charge on any atom is -0.284 e. The van der Waals surface area contributed by atoms with Crippen molar-refractivity contribution in [3.05, 3.63) is 84.6 Å². The lowest BCUT2D eigenvalue weighted by atomic mass is 9.81. The number of allylic oxidation sites excluding steroid dienone is 8. The van der Waals surface area contributed by atoms with E-state index >= 15 is 0 Å². The SMILES string of the molecule is C=C(/C=C\C)C(=C)/C=C1\C(=C)C=NC2C=CC=CC12. The molecule has 96 valence electrons. The van der Waals surface area contributed by atoms with E-state index in [-0.39, 0.29) is 12.0 Å². The lowest BCUT2D eigenvalue weighted by Gasteiger charge is -2.28. The summed E-state index contributed by atoms with van der Waals surface area (Å²) in [5, 5.41) is 0. The van der Waals surface area contributed by atoms with Gasteiger partial charge in [-0.25, -0.2) is 0 Å². The molecule has 0 bridgehead atoms. The normalized spacial score (nSPS) is 27.0. The van der Waals surface area contributed by atoms with E-state index in [1.165, 1.54) is 5.57 Å². The van der Waals surface area contributed by atoms with Crippen LogP contribution in [0.3, 0.4) is 0 Å². The molecule has 0 fully saturated rings. The van der Waals surface area contributed by atoms with Gasteiger partial charge >= 0.3 is 0 Å². The standard InChI is InChI=1S/C18H19N/c1-5-8-13(2)14(3)11-17-15(4)12-19-18-10-7-6-9-16(17)18/h5-12,16,18H,2-4H2,1H3/b8-5-,17-11+. The minimum absolute atomic E-state index is 0.185. The van der Waals surface area contributed by atoms with Crippen molar-refractivity contribution in [3.63, 3.8) is 0 Å². The Morgan fingerprint density at radius 2 is 1.95 bits per heavy atom. The number of nitrogens with zero attached hydrogens (tertiary/aromatic N) is 1. The second kappa shape index (κ2) is 5.66. The van der Waals surface area contributed by atoms with Crippen molar-refractivity contribution < 1.29 is 0 Å². The van der Waals surface area contributed by atoms with Gasteiger partial charge in [0, 0.05) is 12.1 Å². The average Bonchev–Trinajstić information content (AvgIpc) is 2.42. The summed E-state index contributed by atoms with van der Waals surface area (Å²) in [5.41, 5.74) is 3.98. The molecule has 1 aliphatic heterocycles. The highest BCUT2D eigenvalue weighted by molar-refractivity contribution is 5.86. The predicted octanol–water partition coefficient (Wildman–Crippen LogP) is 4.35. The van der Waals surface area contributed by atoms with Crippen molar-refractivity contribution in [1.82, 2.24) is 0 Å². The molecule has 1 heterocycles. The highest BCUT2D eigenvalue weighted by Crippen LogP contribution is 2.32. The van der Waals surface area contributed by atoms with Gasteiger partial charge in [-0.05, 0) is 29.2 Å². The summed E-state index contributed by atoms with van der Waals surface area (Å²) in [5.74, 6) is 0.262. The molecule has 2 rings (SSSR count). The van der Waals surface area contributed by atoms with Crippen LogP contribution in [0.2, 0.25) is 0 Å². The Morgan fingerprint density at radius 3 is 2.68 bits per heavy atom. The largest absolute Gasteiger partial charge is 0.284 e. The van der Waals surface area contributed by atoms with Gasteiger partial charge in [0.25, 0.3) is 0 Å². The summed E-state index contributed by atoms with van der Waals surface area (Å²) >= 11 is 0. The molecule has 2 aliphatic rings. The molecule has 1 aliphatic carbocycles. The van der Waals surface area contributed by atoms with Crippen molar-refractivity contribution >= 4 is 6.21 Å². The zero-order valence-corrected chi connectivity index (χ0v) is 11.3. The van der Waals surface area contributed by atoms with Crippen LogP contribution in [0.25, 0.3) is 0 Å². The molecule has 1 nitrogen and oxygen atoms in total. The molecule has 2 atom stereocenters.